The van der Waals surface area contributed by atoms with Gasteiger partial charge in [-0.1, -0.05) is 30.3 Å². The molecule has 0 unspecified atom stereocenters. The number of hydrogen-bond acceptors (Lipinski definition) is 3. The number of fused-ring (bicyclic) bond motifs is 3. The smallest absolute Gasteiger partial charge is 0.339 e. The third kappa shape index (κ3) is 3.10. The number of carboxylic acids is 1. The molecular formula is C20H20N2O3. The van der Waals surface area contributed by atoms with Gasteiger partial charge in [0.1, 0.15) is 17.9 Å². The molecule has 2 N–H and O–H groups in total. The van der Waals surface area contributed by atoms with Crippen molar-refractivity contribution >= 4 is 16.9 Å². The lowest BCUT2D eigenvalue weighted by molar-refractivity contribution is 0.0691. The summed E-state index contributed by atoms with van der Waals surface area (Å²) in [5, 5.41) is 10.5. The molecule has 25 heavy (non-hydrogen) atoms. The number of aromatic nitrogens is 1. The second kappa shape index (κ2) is 6.61. The quantitative estimate of drug-likeness (QED) is 0.750. The largest absolute Gasteiger partial charge is 0.491 e. The third-order valence-corrected chi connectivity index (χ3v) is 4.74. The van der Waals surface area contributed by atoms with Gasteiger partial charge in [-0.25, -0.2) is 4.79 Å². The number of carbonyl (C=O) groups is 1. The Balaban J connectivity index is 1.40. The normalized spacial score (nSPS) is 14.4. The number of carboxylic acid groups (broad SMARTS) is 1. The average Bonchev–Trinajstić information content (AvgIpc) is 3.00. The van der Waals surface area contributed by atoms with E-state index < -0.39 is 5.97 Å². The van der Waals surface area contributed by atoms with Crippen molar-refractivity contribution in [3.05, 3.63) is 65.4 Å². The highest BCUT2D eigenvalue weighted by Gasteiger charge is 2.20. The van der Waals surface area contributed by atoms with Crippen molar-refractivity contribution in [1.82, 2.24) is 9.88 Å². The third-order valence-electron chi connectivity index (χ3n) is 4.74. The summed E-state index contributed by atoms with van der Waals surface area (Å²) in [5.74, 6) is -0.533. The Morgan fingerprint density at radius 2 is 1.96 bits per heavy atom. The number of hydrogen-bond donors (Lipinski definition) is 2. The molecule has 2 heterocycles. The number of rotatable bonds is 5. The van der Waals surface area contributed by atoms with Gasteiger partial charge in [0.2, 0.25) is 0 Å². The van der Waals surface area contributed by atoms with Gasteiger partial charge in [0.25, 0.3) is 0 Å². The maximum absolute atomic E-state index is 11.2. The predicted molar refractivity (Wildman–Crippen MR) is 96.2 cm³/mol. The molecule has 1 aromatic heterocycles. The molecule has 0 bridgehead atoms. The number of benzene rings is 2. The Kier molecular flexibility index (Phi) is 4.15. The number of aromatic amines is 1. The molecule has 0 aliphatic carbocycles. The summed E-state index contributed by atoms with van der Waals surface area (Å²) in [6.07, 6.45) is 1.02. The van der Waals surface area contributed by atoms with E-state index in [1.807, 2.05) is 0 Å². The molecule has 5 heteroatoms. The first-order chi connectivity index (χ1) is 12.2. The molecule has 0 saturated heterocycles. The molecular weight excluding hydrogens is 316 g/mol. The zero-order chi connectivity index (χ0) is 17.2. The summed E-state index contributed by atoms with van der Waals surface area (Å²) < 4.78 is 5.72. The van der Waals surface area contributed by atoms with Gasteiger partial charge in [-0.15, -0.1) is 0 Å². The van der Waals surface area contributed by atoms with Crippen molar-refractivity contribution in [2.45, 2.75) is 13.0 Å². The number of para-hydroxylation sites is 2. The van der Waals surface area contributed by atoms with Gasteiger partial charge in [-0.3, -0.25) is 4.90 Å². The molecule has 5 nitrogen and oxygen atoms in total. The molecule has 128 valence electrons. The van der Waals surface area contributed by atoms with Gasteiger partial charge in [0.15, 0.2) is 0 Å². The summed E-state index contributed by atoms with van der Waals surface area (Å²) in [6.45, 7) is 3.09. The summed E-state index contributed by atoms with van der Waals surface area (Å²) in [6, 6.07) is 15.2. The first-order valence-corrected chi connectivity index (χ1v) is 8.48. The number of aromatic carboxylic acids is 1. The lowest BCUT2D eigenvalue weighted by atomic mass is 10.0. The monoisotopic (exact) mass is 336 g/mol. The molecule has 0 fully saturated rings. The van der Waals surface area contributed by atoms with E-state index in [1.165, 1.54) is 22.2 Å². The molecule has 0 spiro atoms. The SMILES string of the molecule is O=C(O)c1ccccc1OCCN1CCc2c([nH]c3ccccc23)C1. The fourth-order valence-electron chi connectivity index (χ4n) is 3.49. The molecule has 4 rings (SSSR count). The van der Waals surface area contributed by atoms with Crippen LogP contribution in [0, 0.1) is 0 Å². The number of ether oxygens (including phenoxy) is 1. The first-order valence-electron chi connectivity index (χ1n) is 8.48. The maximum atomic E-state index is 11.2. The first kappa shape index (κ1) is 15.7. The van der Waals surface area contributed by atoms with Gasteiger partial charge in [0.05, 0.1) is 0 Å². The van der Waals surface area contributed by atoms with Crippen LogP contribution in [0.2, 0.25) is 0 Å². The Hall–Kier alpha value is -2.79. The van der Waals surface area contributed by atoms with Crippen LogP contribution in [0.15, 0.2) is 48.5 Å². The Labute approximate surface area is 145 Å². The van der Waals surface area contributed by atoms with E-state index in [2.05, 4.69) is 34.1 Å². The second-order valence-electron chi connectivity index (χ2n) is 6.30. The molecule has 0 saturated carbocycles. The summed E-state index contributed by atoms with van der Waals surface area (Å²) in [5.41, 5.74) is 4.10. The van der Waals surface area contributed by atoms with Crippen molar-refractivity contribution in [2.24, 2.45) is 0 Å². The molecule has 1 aliphatic rings. The molecule has 2 aromatic carbocycles. The van der Waals surface area contributed by atoms with Crippen molar-refractivity contribution in [3.63, 3.8) is 0 Å². The van der Waals surface area contributed by atoms with Crippen molar-refractivity contribution in [2.75, 3.05) is 19.7 Å². The zero-order valence-corrected chi connectivity index (χ0v) is 13.9. The van der Waals surface area contributed by atoms with E-state index in [-0.39, 0.29) is 5.56 Å². The van der Waals surface area contributed by atoms with Crippen LogP contribution in [0.3, 0.4) is 0 Å². The fraction of sp³-hybridized carbons (Fsp3) is 0.250. The Bertz CT molecular complexity index is 916. The van der Waals surface area contributed by atoms with Gasteiger partial charge < -0.3 is 14.8 Å². The van der Waals surface area contributed by atoms with E-state index in [0.717, 1.165) is 26.1 Å². The van der Waals surface area contributed by atoms with Crippen molar-refractivity contribution < 1.29 is 14.6 Å². The van der Waals surface area contributed by atoms with E-state index in [1.54, 1.807) is 24.3 Å². The van der Waals surface area contributed by atoms with Gasteiger partial charge in [-0.2, -0.15) is 0 Å². The van der Waals surface area contributed by atoms with E-state index in [4.69, 9.17) is 4.74 Å². The van der Waals surface area contributed by atoms with E-state index in [9.17, 15) is 9.90 Å². The predicted octanol–water partition coefficient (Wildman–Crippen LogP) is 3.30. The lowest BCUT2D eigenvalue weighted by Crippen LogP contribution is -2.33. The summed E-state index contributed by atoms with van der Waals surface area (Å²) >= 11 is 0. The van der Waals surface area contributed by atoms with Crippen LogP contribution in [-0.4, -0.2) is 40.7 Å². The highest BCUT2D eigenvalue weighted by atomic mass is 16.5. The molecule has 1 aliphatic heterocycles. The van der Waals surface area contributed by atoms with Crippen molar-refractivity contribution in [1.29, 1.82) is 0 Å². The van der Waals surface area contributed by atoms with Gasteiger partial charge in [-0.05, 0) is 30.2 Å². The van der Waals surface area contributed by atoms with Gasteiger partial charge in [0, 0.05) is 36.2 Å². The summed E-state index contributed by atoms with van der Waals surface area (Å²) in [7, 11) is 0. The minimum Gasteiger partial charge on any atom is -0.491 e. The zero-order valence-electron chi connectivity index (χ0n) is 13.9. The van der Waals surface area contributed by atoms with Crippen LogP contribution in [0.1, 0.15) is 21.6 Å². The number of H-pyrrole nitrogens is 1. The van der Waals surface area contributed by atoms with E-state index >= 15 is 0 Å². The van der Waals surface area contributed by atoms with Crippen molar-refractivity contribution in [3.8, 4) is 5.75 Å². The van der Waals surface area contributed by atoms with E-state index in [0.29, 0.717) is 12.4 Å². The number of nitrogens with zero attached hydrogens (tertiary/aromatic N) is 1. The molecule has 3 aromatic rings. The van der Waals surface area contributed by atoms with Crippen LogP contribution < -0.4 is 4.74 Å². The molecule has 0 amide bonds. The van der Waals surface area contributed by atoms with Crippen LogP contribution in [0.4, 0.5) is 0 Å². The van der Waals surface area contributed by atoms with Crippen LogP contribution in [-0.2, 0) is 13.0 Å². The van der Waals surface area contributed by atoms with Crippen LogP contribution in [0.25, 0.3) is 10.9 Å². The highest BCUT2D eigenvalue weighted by molar-refractivity contribution is 5.90. The minimum absolute atomic E-state index is 0.207. The van der Waals surface area contributed by atoms with Crippen LogP contribution in [0.5, 0.6) is 5.75 Å². The van der Waals surface area contributed by atoms with Crippen LogP contribution >= 0.6 is 0 Å². The Morgan fingerprint density at radius 1 is 1.16 bits per heavy atom. The Morgan fingerprint density at radius 3 is 2.84 bits per heavy atom. The summed E-state index contributed by atoms with van der Waals surface area (Å²) in [4.78, 5) is 17.1. The topological polar surface area (TPSA) is 65.6 Å². The maximum Gasteiger partial charge on any atom is 0.339 e. The lowest BCUT2D eigenvalue weighted by Gasteiger charge is -2.26. The second-order valence-corrected chi connectivity index (χ2v) is 6.30. The molecule has 0 atom stereocenters. The average molecular weight is 336 g/mol. The minimum atomic E-state index is -0.962. The number of nitrogens with one attached hydrogen (secondary N) is 1. The fourth-order valence-corrected chi connectivity index (χ4v) is 3.49. The molecule has 0 radical (unpaired) electrons. The van der Waals surface area contributed by atoms with Gasteiger partial charge >= 0.3 is 5.97 Å². The standard InChI is InChI=1S/C20H20N2O3/c23-20(24)16-6-2-4-8-19(16)25-12-11-22-10-9-15-14-5-1-3-7-17(14)21-18(15)13-22/h1-8,21H,9-13H2,(H,23,24). The highest BCUT2D eigenvalue weighted by Crippen LogP contribution is 2.27.